The number of halogens is 1. The van der Waals surface area contributed by atoms with Crippen molar-refractivity contribution in [2.45, 2.75) is 32.2 Å². The second kappa shape index (κ2) is 14.0. The van der Waals surface area contributed by atoms with Crippen LogP contribution in [-0.2, 0) is 9.53 Å². The van der Waals surface area contributed by atoms with Crippen LogP contribution in [0.1, 0.15) is 26.7 Å². The highest BCUT2D eigenvalue weighted by Gasteiger charge is 2.19. The Hall–Kier alpha value is -1.19. The molecule has 1 aromatic carbocycles. The molecule has 6 heteroatoms. The van der Waals surface area contributed by atoms with Crippen LogP contribution >= 0.6 is 19.9 Å². The highest BCUT2D eigenvalue weighted by molar-refractivity contribution is 7.50. The van der Waals surface area contributed by atoms with Crippen molar-refractivity contribution in [1.82, 2.24) is 5.09 Å². The van der Waals surface area contributed by atoms with Crippen molar-refractivity contribution in [1.29, 1.82) is 0 Å². The Morgan fingerprint density at radius 2 is 2.00 bits per heavy atom. The van der Waals surface area contributed by atoms with Gasteiger partial charge in [0, 0.05) is 19.3 Å². The molecule has 0 aliphatic rings. The van der Waals surface area contributed by atoms with Crippen molar-refractivity contribution < 1.29 is 14.1 Å². The first-order valence-electron chi connectivity index (χ1n) is 7.97. The van der Waals surface area contributed by atoms with E-state index in [-0.39, 0.29) is 0 Å². The van der Waals surface area contributed by atoms with Crippen molar-refractivity contribution in [3.63, 3.8) is 0 Å². The first-order chi connectivity index (χ1) is 11.9. The van der Waals surface area contributed by atoms with Crippen molar-refractivity contribution in [3.05, 3.63) is 54.1 Å². The maximum atomic E-state index is 10.7. The Morgan fingerprint density at radius 1 is 1.36 bits per heavy atom. The van der Waals surface area contributed by atoms with Crippen molar-refractivity contribution in [2.75, 3.05) is 20.4 Å². The first kappa shape index (κ1) is 23.8. The van der Waals surface area contributed by atoms with Gasteiger partial charge in [0.2, 0.25) is 0 Å². The van der Waals surface area contributed by atoms with E-state index in [9.17, 15) is 4.79 Å². The number of para-hydroxylation sites is 1. The van der Waals surface area contributed by atoms with Crippen LogP contribution in [0.15, 0.2) is 54.1 Å². The molecule has 0 radical (unpaired) electrons. The van der Waals surface area contributed by atoms with Crippen LogP contribution in [0, 0.1) is 0 Å². The third kappa shape index (κ3) is 12.8. The van der Waals surface area contributed by atoms with Gasteiger partial charge in [-0.1, -0.05) is 35.9 Å². The SMILES string of the molecule is C=CCC/C(=C/Cl)COC.CP(NC(C)(C)C=O)Oc1ccccc1. The lowest BCUT2D eigenvalue weighted by Crippen LogP contribution is -2.37. The standard InChI is InChI=1S/C11H16NO2P.C8H13ClO/c1-11(2,9-13)12-15(3)14-10-7-5-4-6-8-10;1-3-4-5-8(6-9)7-10-2/h4-9,12H,1-3H3;3,6H,1,4-5,7H2,2H3/b;8-6-. The van der Waals surface area contributed by atoms with Gasteiger partial charge in [-0.3, -0.25) is 5.09 Å². The van der Waals surface area contributed by atoms with Crippen molar-refractivity contribution in [3.8, 4) is 5.75 Å². The Kier molecular flexibility index (Phi) is 13.4. The minimum Gasteiger partial charge on any atom is -0.458 e. The Labute approximate surface area is 158 Å². The molecular weight excluding hydrogens is 357 g/mol. The molecule has 1 N–H and O–H groups in total. The molecule has 0 aliphatic heterocycles. The highest BCUT2D eigenvalue weighted by Crippen LogP contribution is 2.31. The lowest BCUT2D eigenvalue weighted by Gasteiger charge is -2.24. The van der Waals surface area contributed by atoms with Gasteiger partial charge < -0.3 is 14.1 Å². The summed E-state index contributed by atoms with van der Waals surface area (Å²) in [4.78, 5) is 10.7. The molecule has 1 atom stereocenters. The van der Waals surface area contributed by atoms with E-state index in [1.807, 2.05) is 56.9 Å². The molecule has 0 bridgehead atoms. The van der Waals surface area contributed by atoms with Crippen LogP contribution in [0.5, 0.6) is 5.75 Å². The molecule has 0 saturated heterocycles. The van der Waals surface area contributed by atoms with Gasteiger partial charge in [-0.25, -0.2) is 0 Å². The molecule has 1 aromatic rings. The van der Waals surface area contributed by atoms with Crippen LogP contribution in [0.4, 0.5) is 0 Å². The maximum absolute atomic E-state index is 10.7. The third-order valence-electron chi connectivity index (χ3n) is 2.88. The highest BCUT2D eigenvalue weighted by atomic mass is 35.5. The fourth-order valence-electron chi connectivity index (χ4n) is 1.73. The summed E-state index contributed by atoms with van der Waals surface area (Å²) < 4.78 is 10.6. The molecule has 0 amide bonds. The van der Waals surface area contributed by atoms with E-state index in [4.69, 9.17) is 20.9 Å². The monoisotopic (exact) mass is 385 g/mol. The summed E-state index contributed by atoms with van der Waals surface area (Å²) in [5, 5.41) is 3.13. The largest absolute Gasteiger partial charge is 0.458 e. The minimum absolute atomic E-state index is 0.533. The fraction of sp³-hybridized carbons (Fsp3) is 0.421. The number of ether oxygens (including phenoxy) is 1. The smallest absolute Gasteiger partial charge is 0.158 e. The average molecular weight is 386 g/mol. The molecule has 1 unspecified atom stereocenters. The van der Waals surface area contributed by atoms with Crippen LogP contribution in [0.3, 0.4) is 0 Å². The van der Waals surface area contributed by atoms with E-state index in [2.05, 4.69) is 11.7 Å². The second-order valence-corrected chi connectivity index (χ2v) is 7.50. The van der Waals surface area contributed by atoms with Gasteiger partial charge in [-0.15, -0.1) is 6.58 Å². The zero-order valence-corrected chi connectivity index (χ0v) is 17.1. The second-order valence-electron chi connectivity index (χ2n) is 5.88. The summed E-state index contributed by atoms with van der Waals surface area (Å²) in [7, 11) is 0.829. The number of nitrogens with one attached hydrogen (secondary N) is 1. The number of hydrogen-bond acceptors (Lipinski definition) is 4. The predicted molar refractivity (Wildman–Crippen MR) is 108 cm³/mol. The van der Waals surface area contributed by atoms with Gasteiger partial charge in [0.05, 0.1) is 12.1 Å². The molecule has 140 valence electrons. The number of carbonyl (C=O) groups is 1. The minimum atomic E-state index is -0.832. The predicted octanol–water partition coefficient (Wildman–Crippen LogP) is 5.30. The van der Waals surface area contributed by atoms with E-state index in [0.29, 0.717) is 6.61 Å². The number of hydrogen-bond donors (Lipinski definition) is 1. The van der Waals surface area contributed by atoms with Crippen LogP contribution in [0.25, 0.3) is 0 Å². The van der Waals surface area contributed by atoms with Gasteiger partial charge in [0.25, 0.3) is 0 Å². The Balaban J connectivity index is 0.000000504. The molecule has 4 nitrogen and oxygen atoms in total. The summed E-state index contributed by atoms with van der Waals surface area (Å²) >= 11 is 5.51. The quantitative estimate of drug-likeness (QED) is 0.337. The molecule has 0 saturated carbocycles. The summed E-state index contributed by atoms with van der Waals surface area (Å²) in [5.41, 5.74) is 2.16. The number of carbonyl (C=O) groups excluding carboxylic acids is 1. The molecule has 0 aromatic heterocycles. The number of methoxy groups -OCH3 is 1. The zero-order valence-electron chi connectivity index (χ0n) is 15.5. The zero-order chi connectivity index (χ0) is 19.1. The van der Waals surface area contributed by atoms with E-state index in [0.717, 1.165) is 30.5 Å². The molecule has 25 heavy (non-hydrogen) atoms. The molecule has 0 spiro atoms. The maximum Gasteiger partial charge on any atom is 0.158 e. The fourth-order valence-corrected chi connectivity index (χ4v) is 3.25. The first-order valence-corrected chi connectivity index (χ1v) is 10.1. The summed E-state index contributed by atoms with van der Waals surface area (Å²) in [6, 6.07) is 9.57. The Morgan fingerprint density at radius 3 is 2.48 bits per heavy atom. The van der Waals surface area contributed by atoms with Crippen molar-refractivity contribution in [2.24, 2.45) is 0 Å². The normalized spacial score (nSPS) is 12.6. The van der Waals surface area contributed by atoms with E-state index in [1.54, 1.807) is 12.6 Å². The van der Waals surface area contributed by atoms with Crippen LogP contribution in [0.2, 0.25) is 0 Å². The average Bonchev–Trinajstić information content (AvgIpc) is 2.59. The number of rotatable bonds is 10. The van der Waals surface area contributed by atoms with E-state index < -0.39 is 13.8 Å². The number of benzene rings is 1. The van der Waals surface area contributed by atoms with E-state index >= 15 is 0 Å². The lowest BCUT2D eigenvalue weighted by atomic mass is 10.1. The summed E-state index contributed by atoms with van der Waals surface area (Å²) in [5.74, 6) is 0.820. The number of allylic oxidation sites excluding steroid dienone is 1. The van der Waals surface area contributed by atoms with E-state index in [1.165, 1.54) is 0 Å². The van der Waals surface area contributed by atoms with Gasteiger partial charge in [-0.05, 0) is 44.4 Å². The Bertz CT molecular complexity index is 521. The van der Waals surface area contributed by atoms with Crippen LogP contribution < -0.4 is 9.61 Å². The van der Waals surface area contributed by atoms with Gasteiger partial charge in [0.1, 0.15) is 12.0 Å². The third-order valence-corrected chi connectivity index (χ3v) is 4.56. The number of aldehydes is 1. The molecule has 1 rings (SSSR count). The van der Waals surface area contributed by atoms with Gasteiger partial charge in [-0.2, -0.15) is 0 Å². The molecule has 0 fully saturated rings. The topological polar surface area (TPSA) is 47.6 Å². The lowest BCUT2D eigenvalue weighted by molar-refractivity contribution is -0.111. The molecular formula is C19H29ClNO3P. The van der Waals surface area contributed by atoms with Gasteiger partial charge >= 0.3 is 0 Å². The molecule has 0 aliphatic carbocycles. The van der Waals surface area contributed by atoms with Crippen molar-refractivity contribution >= 4 is 26.2 Å². The van der Waals surface area contributed by atoms with Crippen LogP contribution in [-0.4, -0.2) is 32.2 Å². The summed E-state index contributed by atoms with van der Waals surface area (Å²) in [6.45, 7) is 9.83. The molecule has 0 heterocycles. The van der Waals surface area contributed by atoms with Gasteiger partial charge in [0.15, 0.2) is 8.30 Å². The summed E-state index contributed by atoms with van der Waals surface area (Å²) in [6.07, 6.45) is 4.67.